The van der Waals surface area contributed by atoms with Crippen LogP contribution in [0.5, 0.6) is 0 Å². The highest BCUT2D eigenvalue weighted by Crippen LogP contribution is 2.24. The third kappa shape index (κ3) is 4.47. The fourth-order valence-electron chi connectivity index (χ4n) is 2.95. The number of nitrogens with zero attached hydrogens (tertiary/aromatic N) is 1. The number of halogens is 1. The molecule has 2 rings (SSSR count). The van der Waals surface area contributed by atoms with Gasteiger partial charge in [-0.15, -0.1) is 0 Å². The number of benzene rings is 1. The van der Waals surface area contributed by atoms with E-state index in [9.17, 15) is 9.59 Å². The molecule has 0 saturated heterocycles. The van der Waals surface area contributed by atoms with Crippen molar-refractivity contribution in [2.24, 2.45) is 0 Å². The molecule has 1 aromatic rings. The minimum atomic E-state index is -0.149. The standard InChI is InChI=1S/C17H23ClN2O2/c1-12-10-14(18)8-9-16(12)20(13(2)21)11-17(22)19-15-6-4-3-5-7-15/h8-10,15H,3-7,11H2,1-2H3,(H,19,22). The number of amides is 2. The molecule has 1 saturated carbocycles. The fraction of sp³-hybridized carbons (Fsp3) is 0.529. The average molecular weight is 323 g/mol. The Morgan fingerprint density at radius 2 is 1.95 bits per heavy atom. The van der Waals surface area contributed by atoms with E-state index in [1.807, 2.05) is 6.92 Å². The molecule has 4 nitrogen and oxygen atoms in total. The van der Waals surface area contributed by atoms with Crippen molar-refractivity contribution in [3.63, 3.8) is 0 Å². The van der Waals surface area contributed by atoms with Crippen LogP contribution < -0.4 is 10.2 Å². The van der Waals surface area contributed by atoms with Gasteiger partial charge in [-0.1, -0.05) is 30.9 Å². The van der Waals surface area contributed by atoms with Gasteiger partial charge in [-0.3, -0.25) is 9.59 Å². The first-order valence-corrected chi connectivity index (χ1v) is 8.19. The van der Waals surface area contributed by atoms with Crippen LogP contribution >= 0.6 is 11.6 Å². The summed E-state index contributed by atoms with van der Waals surface area (Å²) in [6, 6.07) is 5.57. The quantitative estimate of drug-likeness (QED) is 0.923. The zero-order valence-electron chi connectivity index (χ0n) is 13.2. The first-order chi connectivity index (χ1) is 10.5. The highest BCUT2D eigenvalue weighted by Gasteiger charge is 2.20. The van der Waals surface area contributed by atoms with Crippen LogP contribution in [0.25, 0.3) is 0 Å². The molecule has 1 aromatic carbocycles. The number of anilines is 1. The van der Waals surface area contributed by atoms with Gasteiger partial charge < -0.3 is 10.2 Å². The molecule has 120 valence electrons. The van der Waals surface area contributed by atoms with Gasteiger partial charge in [0.05, 0.1) is 0 Å². The second-order valence-electron chi connectivity index (χ2n) is 5.94. The van der Waals surface area contributed by atoms with Crippen LogP contribution in [0.2, 0.25) is 5.02 Å². The van der Waals surface area contributed by atoms with Crippen molar-refractivity contribution < 1.29 is 9.59 Å². The van der Waals surface area contributed by atoms with Gasteiger partial charge in [0, 0.05) is 23.7 Å². The molecule has 0 heterocycles. The molecule has 0 aliphatic heterocycles. The first kappa shape index (κ1) is 16.8. The third-order valence-corrected chi connectivity index (χ3v) is 4.34. The number of rotatable bonds is 4. The lowest BCUT2D eigenvalue weighted by molar-refractivity contribution is -0.123. The monoisotopic (exact) mass is 322 g/mol. The molecule has 0 radical (unpaired) electrons. The Bertz CT molecular complexity index is 554. The summed E-state index contributed by atoms with van der Waals surface area (Å²) in [5, 5.41) is 3.67. The van der Waals surface area contributed by atoms with Crippen LogP contribution in [-0.2, 0) is 9.59 Å². The smallest absolute Gasteiger partial charge is 0.240 e. The molecule has 22 heavy (non-hydrogen) atoms. The SMILES string of the molecule is CC(=O)N(CC(=O)NC1CCCCC1)c1ccc(Cl)cc1C. The second-order valence-corrected chi connectivity index (χ2v) is 6.37. The molecule has 5 heteroatoms. The van der Waals surface area contributed by atoms with Crippen LogP contribution in [0.15, 0.2) is 18.2 Å². The second kappa shape index (κ2) is 7.63. The molecule has 1 fully saturated rings. The number of hydrogen-bond donors (Lipinski definition) is 1. The highest BCUT2D eigenvalue weighted by atomic mass is 35.5. The maximum Gasteiger partial charge on any atom is 0.240 e. The Morgan fingerprint density at radius 1 is 1.27 bits per heavy atom. The summed E-state index contributed by atoms with van der Waals surface area (Å²) in [5.74, 6) is -0.249. The molecule has 0 bridgehead atoms. The van der Waals surface area contributed by atoms with Crippen LogP contribution in [0.1, 0.15) is 44.6 Å². The normalized spacial score (nSPS) is 15.4. The zero-order valence-corrected chi connectivity index (χ0v) is 13.9. The molecular weight excluding hydrogens is 300 g/mol. The third-order valence-electron chi connectivity index (χ3n) is 4.10. The Hall–Kier alpha value is -1.55. The van der Waals surface area contributed by atoms with Crippen LogP contribution in [0, 0.1) is 6.92 Å². The summed E-state index contributed by atoms with van der Waals surface area (Å²) >= 11 is 5.95. The van der Waals surface area contributed by atoms with Crippen LogP contribution in [-0.4, -0.2) is 24.4 Å². The summed E-state index contributed by atoms with van der Waals surface area (Å²) in [6.07, 6.45) is 5.64. The molecule has 0 atom stereocenters. The Morgan fingerprint density at radius 3 is 2.55 bits per heavy atom. The lowest BCUT2D eigenvalue weighted by Crippen LogP contribution is -2.44. The number of carbonyl (C=O) groups excluding carboxylic acids is 2. The Kier molecular flexibility index (Phi) is 5.83. The van der Waals surface area contributed by atoms with E-state index in [1.54, 1.807) is 18.2 Å². The Balaban J connectivity index is 2.05. The van der Waals surface area contributed by atoms with Gasteiger partial charge in [-0.25, -0.2) is 0 Å². The number of nitrogens with one attached hydrogen (secondary N) is 1. The lowest BCUT2D eigenvalue weighted by atomic mass is 9.95. The van der Waals surface area contributed by atoms with E-state index in [-0.39, 0.29) is 24.4 Å². The maximum absolute atomic E-state index is 12.2. The van der Waals surface area contributed by atoms with E-state index in [0.717, 1.165) is 36.9 Å². The van der Waals surface area contributed by atoms with E-state index in [4.69, 9.17) is 11.6 Å². The van der Waals surface area contributed by atoms with Gasteiger partial charge in [0.25, 0.3) is 0 Å². The van der Waals surface area contributed by atoms with Crippen molar-refractivity contribution in [3.8, 4) is 0 Å². The number of carbonyl (C=O) groups is 2. The molecular formula is C17H23ClN2O2. The summed E-state index contributed by atoms with van der Waals surface area (Å²) in [7, 11) is 0. The summed E-state index contributed by atoms with van der Waals surface area (Å²) in [4.78, 5) is 25.7. The van der Waals surface area contributed by atoms with E-state index < -0.39 is 0 Å². The topological polar surface area (TPSA) is 49.4 Å². The molecule has 2 amide bonds. The van der Waals surface area contributed by atoms with Crippen LogP contribution in [0.3, 0.4) is 0 Å². The minimum Gasteiger partial charge on any atom is -0.352 e. The van der Waals surface area contributed by atoms with Gasteiger partial charge in [-0.2, -0.15) is 0 Å². The van der Waals surface area contributed by atoms with E-state index in [0.29, 0.717) is 5.02 Å². The van der Waals surface area contributed by atoms with Crippen molar-refractivity contribution in [1.29, 1.82) is 0 Å². The van der Waals surface area contributed by atoms with Crippen LogP contribution in [0.4, 0.5) is 5.69 Å². The van der Waals surface area contributed by atoms with Gasteiger partial charge >= 0.3 is 0 Å². The number of hydrogen-bond acceptors (Lipinski definition) is 2. The molecule has 1 aliphatic rings. The average Bonchev–Trinajstić information content (AvgIpc) is 2.46. The maximum atomic E-state index is 12.2. The van der Waals surface area contributed by atoms with Crippen molar-refractivity contribution in [3.05, 3.63) is 28.8 Å². The highest BCUT2D eigenvalue weighted by molar-refractivity contribution is 6.30. The van der Waals surface area contributed by atoms with Crippen molar-refractivity contribution in [1.82, 2.24) is 5.32 Å². The summed E-state index contributed by atoms with van der Waals surface area (Å²) < 4.78 is 0. The minimum absolute atomic E-state index is 0.0499. The van der Waals surface area contributed by atoms with Gasteiger partial charge in [0.2, 0.25) is 11.8 Å². The van der Waals surface area contributed by atoms with E-state index in [1.165, 1.54) is 18.2 Å². The molecule has 0 unspecified atom stereocenters. The molecule has 1 aliphatic carbocycles. The predicted molar refractivity (Wildman–Crippen MR) is 89.2 cm³/mol. The van der Waals surface area contributed by atoms with Gasteiger partial charge in [0.15, 0.2) is 0 Å². The van der Waals surface area contributed by atoms with Crippen molar-refractivity contribution in [2.75, 3.05) is 11.4 Å². The molecule has 1 N–H and O–H groups in total. The predicted octanol–water partition coefficient (Wildman–Crippen LogP) is 3.45. The summed E-state index contributed by atoms with van der Waals surface area (Å²) in [5.41, 5.74) is 1.61. The first-order valence-electron chi connectivity index (χ1n) is 7.81. The lowest BCUT2D eigenvalue weighted by Gasteiger charge is -2.26. The molecule has 0 aromatic heterocycles. The van der Waals surface area contributed by atoms with Gasteiger partial charge in [0.1, 0.15) is 6.54 Å². The van der Waals surface area contributed by atoms with Crippen molar-refractivity contribution in [2.45, 2.75) is 52.0 Å². The van der Waals surface area contributed by atoms with E-state index >= 15 is 0 Å². The Labute approximate surface area is 136 Å². The van der Waals surface area contributed by atoms with Gasteiger partial charge in [-0.05, 0) is 43.5 Å². The fourth-order valence-corrected chi connectivity index (χ4v) is 3.18. The number of aryl methyl sites for hydroxylation is 1. The zero-order chi connectivity index (χ0) is 16.1. The summed E-state index contributed by atoms with van der Waals surface area (Å²) in [6.45, 7) is 3.41. The molecule has 0 spiro atoms. The largest absolute Gasteiger partial charge is 0.352 e. The van der Waals surface area contributed by atoms with Crippen molar-refractivity contribution >= 4 is 29.1 Å². The van der Waals surface area contributed by atoms with E-state index in [2.05, 4.69) is 5.32 Å².